The number of nitriles is 1. The van der Waals surface area contributed by atoms with Crippen molar-refractivity contribution < 1.29 is 4.79 Å². The van der Waals surface area contributed by atoms with Crippen molar-refractivity contribution in [3.63, 3.8) is 0 Å². The van der Waals surface area contributed by atoms with Gasteiger partial charge in [-0.2, -0.15) is 5.26 Å². The number of Topliss-reactive ketones (excluding diaryl/α,β-unsaturated/α-hetero) is 1. The fraction of sp³-hybridized carbons (Fsp3) is 0.333. The zero-order valence-corrected chi connectivity index (χ0v) is 8.45. The first-order chi connectivity index (χ1) is 6.63. The van der Waals surface area contributed by atoms with Gasteiger partial charge < -0.3 is 0 Å². The molecule has 0 aliphatic rings. The highest BCUT2D eigenvalue weighted by Crippen LogP contribution is 2.10. The van der Waals surface area contributed by atoms with Crippen molar-refractivity contribution in [1.29, 1.82) is 5.26 Å². The van der Waals surface area contributed by atoms with Gasteiger partial charge in [0.25, 0.3) is 0 Å². The van der Waals surface area contributed by atoms with Gasteiger partial charge in [0.1, 0.15) is 0 Å². The second-order valence-corrected chi connectivity index (χ2v) is 3.53. The van der Waals surface area contributed by atoms with Crippen molar-refractivity contribution >= 4 is 5.78 Å². The summed E-state index contributed by atoms with van der Waals surface area (Å²) in [5.74, 6) is -0.161. The lowest BCUT2D eigenvalue weighted by atomic mass is 10.00. The topological polar surface area (TPSA) is 40.9 Å². The number of hydrogen-bond acceptors (Lipinski definition) is 2. The largest absolute Gasteiger partial charge is 0.294 e. The minimum absolute atomic E-state index is 0.0442. The Morgan fingerprint density at radius 1 is 1.57 bits per heavy atom. The monoisotopic (exact) mass is 187 g/mol. The van der Waals surface area contributed by atoms with Crippen LogP contribution in [-0.4, -0.2) is 5.78 Å². The second kappa shape index (κ2) is 4.57. The Labute approximate surface area is 84.2 Å². The zero-order chi connectivity index (χ0) is 10.6. The fourth-order valence-electron chi connectivity index (χ4n) is 1.26. The van der Waals surface area contributed by atoms with Gasteiger partial charge in [-0.15, -0.1) is 0 Å². The van der Waals surface area contributed by atoms with E-state index in [2.05, 4.69) is 6.07 Å². The summed E-state index contributed by atoms with van der Waals surface area (Å²) in [6.07, 6.45) is 0.306. The highest BCUT2D eigenvalue weighted by molar-refractivity contribution is 5.96. The molecule has 72 valence electrons. The minimum atomic E-state index is -0.206. The van der Waals surface area contributed by atoms with Crippen LogP contribution in [0.4, 0.5) is 0 Å². The second-order valence-electron chi connectivity index (χ2n) is 3.53. The number of rotatable bonds is 3. The number of hydrogen-bond donors (Lipinski definition) is 0. The van der Waals surface area contributed by atoms with E-state index in [1.807, 2.05) is 25.1 Å². The third-order valence-corrected chi connectivity index (χ3v) is 2.05. The first kappa shape index (κ1) is 10.5. The SMILES string of the molecule is Cc1cccc(C(=O)C[C@@H](C)C#N)c1. The van der Waals surface area contributed by atoms with E-state index in [1.54, 1.807) is 13.0 Å². The molecular formula is C12H13NO. The Hall–Kier alpha value is -1.62. The molecular weight excluding hydrogens is 174 g/mol. The molecule has 0 fully saturated rings. The molecule has 0 saturated carbocycles. The van der Waals surface area contributed by atoms with Crippen LogP contribution in [0.25, 0.3) is 0 Å². The summed E-state index contributed by atoms with van der Waals surface area (Å²) >= 11 is 0. The Bertz CT molecular complexity index is 376. The van der Waals surface area contributed by atoms with Crippen LogP contribution in [0.5, 0.6) is 0 Å². The van der Waals surface area contributed by atoms with E-state index >= 15 is 0 Å². The summed E-state index contributed by atoms with van der Waals surface area (Å²) in [7, 11) is 0. The Morgan fingerprint density at radius 3 is 2.86 bits per heavy atom. The van der Waals surface area contributed by atoms with Crippen molar-refractivity contribution in [1.82, 2.24) is 0 Å². The Morgan fingerprint density at radius 2 is 2.29 bits per heavy atom. The predicted octanol–water partition coefficient (Wildman–Crippen LogP) is 2.73. The lowest BCUT2D eigenvalue weighted by Crippen LogP contribution is -2.04. The highest BCUT2D eigenvalue weighted by atomic mass is 16.1. The summed E-state index contributed by atoms with van der Waals surface area (Å²) in [5.41, 5.74) is 1.77. The van der Waals surface area contributed by atoms with Crippen LogP contribution in [0.3, 0.4) is 0 Å². The van der Waals surface area contributed by atoms with E-state index in [0.717, 1.165) is 5.56 Å². The van der Waals surface area contributed by atoms with E-state index in [4.69, 9.17) is 5.26 Å². The van der Waals surface area contributed by atoms with Gasteiger partial charge in [0.2, 0.25) is 0 Å². The molecule has 2 heteroatoms. The van der Waals surface area contributed by atoms with Crippen LogP contribution in [-0.2, 0) is 0 Å². The number of ketones is 1. The number of aryl methyl sites for hydroxylation is 1. The van der Waals surface area contributed by atoms with Crippen LogP contribution >= 0.6 is 0 Å². The highest BCUT2D eigenvalue weighted by Gasteiger charge is 2.10. The van der Waals surface area contributed by atoms with Crippen molar-refractivity contribution in [2.45, 2.75) is 20.3 Å². The quantitative estimate of drug-likeness (QED) is 0.682. The van der Waals surface area contributed by atoms with Crippen molar-refractivity contribution in [3.8, 4) is 6.07 Å². The lowest BCUT2D eigenvalue weighted by molar-refractivity contribution is 0.0972. The standard InChI is InChI=1S/C12H13NO/c1-9-4-3-5-11(6-9)12(14)7-10(2)8-13/h3-6,10H,7H2,1-2H3/t10-/m1/s1. The maximum absolute atomic E-state index is 11.6. The molecule has 0 radical (unpaired) electrons. The average Bonchev–Trinajstić information content (AvgIpc) is 2.17. The lowest BCUT2D eigenvalue weighted by Gasteiger charge is -2.02. The molecule has 1 atom stereocenters. The van der Waals surface area contributed by atoms with Crippen LogP contribution < -0.4 is 0 Å². The van der Waals surface area contributed by atoms with Crippen molar-refractivity contribution in [3.05, 3.63) is 35.4 Å². The molecule has 0 heterocycles. The Balaban J connectivity index is 2.76. The predicted molar refractivity (Wildman–Crippen MR) is 54.9 cm³/mol. The molecule has 2 nitrogen and oxygen atoms in total. The molecule has 0 spiro atoms. The number of benzene rings is 1. The Kier molecular flexibility index (Phi) is 3.41. The van der Waals surface area contributed by atoms with Crippen molar-refractivity contribution in [2.24, 2.45) is 5.92 Å². The van der Waals surface area contributed by atoms with Gasteiger partial charge in [0.15, 0.2) is 5.78 Å². The van der Waals surface area contributed by atoms with E-state index in [0.29, 0.717) is 12.0 Å². The van der Waals surface area contributed by atoms with Gasteiger partial charge in [0, 0.05) is 12.0 Å². The zero-order valence-electron chi connectivity index (χ0n) is 8.45. The summed E-state index contributed by atoms with van der Waals surface area (Å²) in [6, 6.07) is 9.51. The van der Waals surface area contributed by atoms with Crippen LogP contribution in [0.1, 0.15) is 29.3 Å². The van der Waals surface area contributed by atoms with Gasteiger partial charge in [-0.1, -0.05) is 23.8 Å². The summed E-state index contributed by atoms with van der Waals surface area (Å²) in [6.45, 7) is 3.71. The molecule has 0 unspecified atom stereocenters. The van der Waals surface area contributed by atoms with E-state index < -0.39 is 0 Å². The fourth-order valence-corrected chi connectivity index (χ4v) is 1.26. The van der Waals surface area contributed by atoms with E-state index in [9.17, 15) is 4.79 Å². The molecule has 0 bridgehead atoms. The van der Waals surface area contributed by atoms with Gasteiger partial charge in [-0.05, 0) is 19.9 Å². The molecule has 0 aliphatic heterocycles. The molecule has 1 rings (SSSR count). The molecule has 0 aliphatic carbocycles. The molecule has 14 heavy (non-hydrogen) atoms. The number of nitrogens with zero attached hydrogens (tertiary/aromatic N) is 1. The third kappa shape index (κ3) is 2.70. The van der Waals surface area contributed by atoms with Crippen LogP contribution in [0.2, 0.25) is 0 Å². The van der Waals surface area contributed by atoms with Crippen molar-refractivity contribution in [2.75, 3.05) is 0 Å². The summed E-state index contributed by atoms with van der Waals surface area (Å²) in [5, 5.41) is 8.58. The first-order valence-corrected chi connectivity index (χ1v) is 4.63. The van der Waals surface area contributed by atoms with Crippen LogP contribution in [0, 0.1) is 24.2 Å². The molecule has 1 aromatic rings. The van der Waals surface area contributed by atoms with Gasteiger partial charge >= 0.3 is 0 Å². The normalized spacial score (nSPS) is 11.8. The smallest absolute Gasteiger partial charge is 0.164 e. The summed E-state index contributed by atoms with van der Waals surface area (Å²) < 4.78 is 0. The maximum atomic E-state index is 11.6. The summed E-state index contributed by atoms with van der Waals surface area (Å²) in [4.78, 5) is 11.6. The minimum Gasteiger partial charge on any atom is -0.294 e. The van der Waals surface area contributed by atoms with Gasteiger partial charge in [0.05, 0.1) is 12.0 Å². The molecule has 0 N–H and O–H groups in total. The van der Waals surface area contributed by atoms with Gasteiger partial charge in [-0.25, -0.2) is 0 Å². The maximum Gasteiger partial charge on any atom is 0.164 e. The molecule has 0 saturated heterocycles. The molecule has 0 amide bonds. The average molecular weight is 187 g/mol. The molecule has 0 aromatic heterocycles. The van der Waals surface area contributed by atoms with E-state index in [-0.39, 0.29) is 11.7 Å². The number of carbonyl (C=O) groups is 1. The van der Waals surface area contributed by atoms with Crippen LogP contribution in [0.15, 0.2) is 24.3 Å². The third-order valence-electron chi connectivity index (χ3n) is 2.05. The first-order valence-electron chi connectivity index (χ1n) is 4.63. The van der Waals surface area contributed by atoms with Gasteiger partial charge in [-0.3, -0.25) is 4.79 Å². The van der Waals surface area contributed by atoms with E-state index in [1.165, 1.54) is 0 Å². The number of carbonyl (C=O) groups excluding carboxylic acids is 1. The molecule has 1 aromatic carbocycles.